The Hall–Kier alpha value is -1.78. The normalized spacial score (nSPS) is 45.4. The van der Waals surface area contributed by atoms with Crippen molar-refractivity contribution in [3.05, 3.63) is 11.6 Å². The number of Topliss-reactive ketones (excluding diaryl/α,β-unsaturated/α-hetero) is 2. The van der Waals surface area contributed by atoms with E-state index in [2.05, 4.69) is 40.7 Å². The minimum absolute atomic E-state index is 0.0486. The first kappa shape index (κ1) is 27.8. The van der Waals surface area contributed by atoms with E-state index in [-0.39, 0.29) is 69.5 Å². The molecule has 0 aliphatic heterocycles. The lowest BCUT2D eigenvalue weighted by Gasteiger charge is -2.67. The second-order valence-electron chi connectivity index (χ2n) is 15.2. The van der Waals surface area contributed by atoms with Crippen molar-refractivity contribution in [3.63, 3.8) is 0 Å². The molecule has 38 heavy (non-hydrogen) atoms. The molecule has 0 aromatic heterocycles. The van der Waals surface area contributed by atoms with Crippen LogP contribution in [0.1, 0.15) is 106 Å². The second kappa shape index (κ2) is 9.13. The van der Waals surface area contributed by atoms with Crippen molar-refractivity contribution in [1.29, 1.82) is 0 Å². The molecule has 5 rings (SSSR count). The highest BCUT2D eigenvalue weighted by Crippen LogP contribution is 2.71. The summed E-state index contributed by atoms with van der Waals surface area (Å²) in [6, 6.07) is 0. The molecule has 0 aromatic carbocycles. The Balaban J connectivity index is 1.48. The van der Waals surface area contributed by atoms with Gasteiger partial charge in [-0.15, -0.1) is 0 Å². The molecule has 5 nitrogen and oxygen atoms in total. The molecule has 5 heteroatoms. The predicted molar refractivity (Wildman–Crippen MR) is 146 cm³/mol. The summed E-state index contributed by atoms with van der Waals surface area (Å²) in [6.07, 6.45) is 10.8. The summed E-state index contributed by atoms with van der Waals surface area (Å²) in [7, 11) is 0. The van der Waals surface area contributed by atoms with Crippen LogP contribution in [0.3, 0.4) is 0 Å². The zero-order valence-corrected chi connectivity index (χ0v) is 24.7. The van der Waals surface area contributed by atoms with E-state index < -0.39 is 0 Å². The Morgan fingerprint density at radius 2 is 1.53 bits per heavy atom. The lowest BCUT2D eigenvalue weighted by atomic mass is 9.36. The smallest absolute Gasteiger partial charge is 0.309 e. The van der Waals surface area contributed by atoms with Crippen molar-refractivity contribution in [3.8, 4) is 0 Å². The monoisotopic (exact) mass is 524 g/mol. The molecule has 0 radical (unpaired) electrons. The van der Waals surface area contributed by atoms with E-state index in [1.807, 2.05) is 0 Å². The summed E-state index contributed by atoms with van der Waals surface area (Å²) in [4.78, 5) is 51.1. The maximum atomic E-state index is 14.3. The SMILES string of the molecule is CC(=O)COC(=O)C1CCC2(C)C(CCC3(C)C4CCC5(C)CCC(C(C)=O)CC5C4=CC(=O)C32)C1(C)C. The molecule has 0 saturated heterocycles. The fourth-order valence-electron chi connectivity index (χ4n) is 10.8. The van der Waals surface area contributed by atoms with Gasteiger partial charge in [-0.3, -0.25) is 19.2 Å². The third-order valence-corrected chi connectivity index (χ3v) is 12.8. The topological polar surface area (TPSA) is 77.5 Å². The quantitative estimate of drug-likeness (QED) is 0.391. The number of hydrogen-bond donors (Lipinski definition) is 0. The molecule has 5 aliphatic rings. The van der Waals surface area contributed by atoms with Crippen LogP contribution in [0.5, 0.6) is 0 Å². The van der Waals surface area contributed by atoms with Crippen molar-refractivity contribution in [2.24, 2.45) is 57.2 Å². The standard InChI is InChI=1S/C33H48O5/c1-19(34)18-38-29(37)24-10-14-33(7)27(30(24,3)4)11-15-32(6)23-9-13-31(5)12-8-21(20(2)35)16-25(31)22(23)17-26(36)28(32)33/h17,21,23-25,27-28H,8-16,18H2,1-7H3. The Labute approximate surface area is 228 Å². The van der Waals surface area contributed by atoms with Crippen LogP contribution in [0.2, 0.25) is 0 Å². The molecular weight excluding hydrogens is 476 g/mol. The van der Waals surface area contributed by atoms with Crippen LogP contribution in [-0.2, 0) is 23.9 Å². The van der Waals surface area contributed by atoms with E-state index in [9.17, 15) is 19.2 Å². The molecular formula is C33H48O5. The summed E-state index contributed by atoms with van der Waals surface area (Å²) in [5, 5.41) is 0. The zero-order valence-electron chi connectivity index (χ0n) is 24.7. The van der Waals surface area contributed by atoms with Crippen molar-refractivity contribution in [2.75, 3.05) is 6.61 Å². The van der Waals surface area contributed by atoms with E-state index in [0.717, 1.165) is 44.9 Å². The number of allylic oxidation sites excluding steroid dienone is 2. The summed E-state index contributed by atoms with van der Waals surface area (Å²) in [5.41, 5.74) is 0.975. The number of carbonyl (C=O) groups excluding carboxylic acids is 4. The number of ketones is 3. The molecule has 4 saturated carbocycles. The van der Waals surface area contributed by atoms with Gasteiger partial charge in [0.25, 0.3) is 0 Å². The van der Waals surface area contributed by atoms with Crippen molar-refractivity contribution in [2.45, 2.75) is 106 Å². The van der Waals surface area contributed by atoms with Crippen LogP contribution in [0.4, 0.5) is 0 Å². The zero-order chi connectivity index (χ0) is 27.8. The average molecular weight is 525 g/mol. The Kier molecular flexibility index (Phi) is 6.67. The van der Waals surface area contributed by atoms with Gasteiger partial charge in [0.1, 0.15) is 12.4 Å². The minimum Gasteiger partial charge on any atom is -0.457 e. The number of rotatable bonds is 4. The first-order valence-corrected chi connectivity index (χ1v) is 15.1. The summed E-state index contributed by atoms with van der Waals surface area (Å²) in [6.45, 7) is 14.5. The summed E-state index contributed by atoms with van der Waals surface area (Å²) >= 11 is 0. The Morgan fingerprint density at radius 1 is 0.868 bits per heavy atom. The molecule has 0 aromatic rings. The first-order valence-electron chi connectivity index (χ1n) is 15.1. The van der Waals surface area contributed by atoms with Gasteiger partial charge in [-0.2, -0.15) is 0 Å². The highest BCUT2D eigenvalue weighted by atomic mass is 16.5. The maximum Gasteiger partial charge on any atom is 0.309 e. The van der Waals surface area contributed by atoms with Crippen molar-refractivity contribution >= 4 is 23.3 Å². The lowest BCUT2D eigenvalue weighted by Crippen LogP contribution is -2.63. The number of esters is 1. The van der Waals surface area contributed by atoms with Crippen LogP contribution in [0.25, 0.3) is 0 Å². The van der Waals surface area contributed by atoms with Gasteiger partial charge in [0.2, 0.25) is 0 Å². The second-order valence-corrected chi connectivity index (χ2v) is 15.2. The van der Waals surface area contributed by atoms with Gasteiger partial charge >= 0.3 is 5.97 Å². The lowest BCUT2D eigenvalue weighted by molar-refractivity contribution is -0.188. The molecule has 9 atom stereocenters. The van der Waals surface area contributed by atoms with Crippen LogP contribution >= 0.6 is 0 Å². The highest BCUT2D eigenvalue weighted by Gasteiger charge is 2.67. The molecule has 4 fully saturated rings. The minimum atomic E-state index is -0.310. The Bertz CT molecular complexity index is 1080. The van der Waals surface area contributed by atoms with Gasteiger partial charge in [0.15, 0.2) is 11.6 Å². The molecule has 0 amide bonds. The molecule has 0 bridgehead atoms. The molecule has 210 valence electrons. The third-order valence-electron chi connectivity index (χ3n) is 12.8. The van der Waals surface area contributed by atoms with E-state index >= 15 is 0 Å². The third kappa shape index (κ3) is 4.00. The van der Waals surface area contributed by atoms with Crippen LogP contribution in [0, 0.1) is 57.2 Å². The van der Waals surface area contributed by atoms with E-state index in [1.54, 1.807) is 6.92 Å². The highest BCUT2D eigenvalue weighted by molar-refractivity contribution is 5.95. The van der Waals surface area contributed by atoms with E-state index in [1.165, 1.54) is 18.9 Å². The fraction of sp³-hybridized carbons (Fsp3) is 0.818. The number of carbonyl (C=O) groups is 4. The van der Waals surface area contributed by atoms with Gasteiger partial charge in [-0.25, -0.2) is 0 Å². The van der Waals surface area contributed by atoms with Gasteiger partial charge in [0.05, 0.1) is 5.92 Å². The maximum absolute atomic E-state index is 14.3. The van der Waals surface area contributed by atoms with Crippen LogP contribution in [-0.4, -0.2) is 29.9 Å². The molecule has 0 heterocycles. The van der Waals surface area contributed by atoms with Crippen LogP contribution < -0.4 is 0 Å². The molecule has 9 unspecified atom stereocenters. The summed E-state index contributed by atoms with van der Waals surface area (Å²) in [5.74, 6) is 0.971. The molecule has 0 N–H and O–H groups in total. The van der Waals surface area contributed by atoms with E-state index in [4.69, 9.17) is 4.74 Å². The predicted octanol–water partition coefficient (Wildman–Crippen LogP) is 6.52. The largest absolute Gasteiger partial charge is 0.457 e. The number of ether oxygens (including phenoxy) is 1. The molecule has 5 aliphatic carbocycles. The van der Waals surface area contributed by atoms with Gasteiger partial charge in [0, 0.05) is 11.8 Å². The van der Waals surface area contributed by atoms with Crippen molar-refractivity contribution in [1.82, 2.24) is 0 Å². The summed E-state index contributed by atoms with van der Waals surface area (Å²) < 4.78 is 5.41. The average Bonchev–Trinajstić information content (AvgIpc) is 2.81. The Morgan fingerprint density at radius 3 is 2.18 bits per heavy atom. The molecule has 0 spiro atoms. The first-order chi connectivity index (χ1) is 17.6. The van der Waals surface area contributed by atoms with Crippen LogP contribution in [0.15, 0.2) is 11.6 Å². The van der Waals surface area contributed by atoms with Gasteiger partial charge in [-0.1, -0.05) is 40.2 Å². The van der Waals surface area contributed by atoms with Gasteiger partial charge < -0.3 is 4.74 Å². The van der Waals surface area contributed by atoms with Crippen molar-refractivity contribution < 1.29 is 23.9 Å². The number of hydrogen-bond acceptors (Lipinski definition) is 5. The number of fused-ring (bicyclic) bond motifs is 7. The van der Waals surface area contributed by atoms with E-state index in [0.29, 0.717) is 24.0 Å². The fourth-order valence-corrected chi connectivity index (χ4v) is 10.8. The van der Waals surface area contributed by atoms with Gasteiger partial charge in [-0.05, 0) is 117 Å².